The average Bonchev–Trinajstić information content (AvgIpc) is 2.97. The smallest absolute Gasteiger partial charge is 0.361 e. The number of alkyl halides is 3. The number of rotatable bonds is 8. The van der Waals surface area contributed by atoms with Gasteiger partial charge in [-0.15, -0.1) is 0 Å². The molecule has 142 valence electrons. The summed E-state index contributed by atoms with van der Waals surface area (Å²) in [6, 6.07) is 7.08. The van der Waals surface area contributed by atoms with Crippen LogP contribution in [0.5, 0.6) is 0 Å². The van der Waals surface area contributed by atoms with Crippen LogP contribution in [-0.4, -0.2) is 29.2 Å². The van der Waals surface area contributed by atoms with E-state index in [1.165, 1.54) is 18.3 Å². The van der Waals surface area contributed by atoms with Crippen molar-refractivity contribution in [3.63, 3.8) is 0 Å². The van der Waals surface area contributed by atoms with Crippen molar-refractivity contribution in [2.45, 2.75) is 39.2 Å². The summed E-state index contributed by atoms with van der Waals surface area (Å²) in [7, 11) is 0. The van der Waals surface area contributed by atoms with E-state index in [-0.39, 0.29) is 13.0 Å². The number of aromatic nitrogens is 1. The number of benzene rings is 1. The largest absolute Gasteiger partial charge is 0.392 e. The molecule has 0 fully saturated rings. The zero-order valence-electron chi connectivity index (χ0n) is 14.5. The zero-order valence-corrected chi connectivity index (χ0v) is 15.3. The van der Waals surface area contributed by atoms with E-state index in [1.807, 2.05) is 6.07 Å². The van der Waals surface area contributed by atoms with Crippen molar-refractivity contribution in [1.82, 2.24) is 10.3 Å². The molecule has 0 radical (unpaired) electrons. The third kappa shape index (κ3) is 5.30. The molecule has 9 heteroatoms. The molecule has 0 aliphatic heterocycles. The molecule has 3 N–H and O–H groups in total. The molecule has 2 rings (SSSR count). The van der Waals surface area contributed by atoms with Gasteiger partial charge in [-0.1, -0.05) is 31.6 Å². The molecule has 3 unspecified atom stereocenters. The maximum absolute atomic E-state index is 13.1. The quantitative estimate of drug-likeness (QED) is 0.596. The highest BCUT2D eigenvalue weighted by molar-refractivity contribution is 7.22. The molecule has 26 heavy (non-hydrogen) atoms. The lowest BCUT2D eigenvalue weighted by atomic mass is 9.89. The topological polar surface area (TPSA) is 81.0 Å². The zero-order chi connectivity index (χ0) is 19.3. The second-order valence-corrected chi connectivity index (χ2v) is 7.21. The van der Waals surface area contributed by atoms with Crippen molar-refractivity contribution in [3.05, 3.63) is 23.8 Å². The summed E-state index contributed by atoms with van der Waals surface area (Å²) in [5.74, 6) is -2.07. The van der Waals surface area contributed by atoms with E-state index in [4.69, 9.17) is 5.26 Å². The third-order valence-electron chi connectivity index (χ3n) is 4.12. The molecule has 2 aromatic rings. The lowest BCUT2D eigenvalue weighted by Gasteiger charge is -2.27. The molecule has 0 aliphatic carbocycles. The predicted octanol–water partition coefficient (Wildman–Crippen LogP) is 4.06. The molecule has 0 spiro atoms. The van der Waals surface area contributed by atoms with Gasteiger partial charge in [0, 0.05) is 6.54 Å². The summed E-state index contributed by atoms with van der Waals surface area (Å²) in [6.45, 7) is 3.26. The standard InChI is InChI=1S/C17H21F3N4OS/c1-3-4-12(17(18,19)20)10(2)9-22-15(25)24-16-23-13-6-5-11(8-21)7-14(13)26-16/h5-7,10,12,15,22,25H,3-4,9H2,1-2H3,(H,23,24). The number of fused-ring (bicyclic) bond motifs is 1. The molecule has 0 saturated heterocycles. The Morgan fingerprint density at radius 1 is 1.38 bits per heavy atom. The summed E-state index contributed by atoms with van der Waals surface area (Å²) in [5, 5.41) is 24.7. The summed E-state index contributed by atoms with van der Waals surface area (Å²) in [4.78, 5) is 4.28. The summed E-state index contributed by atoms with van der Waals surface area (Å²) >= 11 is 1.25. The first kappa shape index (κ1) is 20.4. The van der Waals surface area contributed by atoms with Crippen LogP contribution in [0.25, 0.3) is 10.2 Å². The summed E-state index contributed by atoms with van der Waals surface area (Å²) in [5.41, 5.74) is 1.19. The van der Waals surface area contributed by atoms with E-state index >= 15 is 0 Å². The van der Waals surface area contributed by atoms with Crippen molar-refractivity contribution in [1.29, 1.82) is 5.26 Å². The van der Waals surface area contributed by atoms with Crippen LogP contribution < -0.4 is 10.6 Å². The Morgan fingerprint density at radius 3 is 2.73 bits per heavy atom. The number of hydrogen-bond donors (Lipinski definition) is 3. The van der Waals surface area contributed by atoms with E-state index in [1.54, 1.807) is 25.1 Å². The van der Waals surface area contributed by atoms with Gasteiger partial charge in [0.15, 0.2) is 11.5 Å². The molecular formula is C17H21F3N4OS. The Labute approximate surface area is 153 Å². The molecule has 1 heterocycles. The SMILES string of the molecule is CCCC(C(C)CNC(O)Nc1nc2ccc(C#N)cc2s1)C(F)(F)F. The molecule has 1 aromatic carbocycles. The Hall–Kier alpha value is -1.89. The van der Waals surface area contributed by atoms with E-state index in [0.29, 0.717) is 22.6 Å². The van der Waals surface area contributed by atoms with Crippen LogP contribution in [0.4, 0.5) is 18.3 Å². The van der Waals surface area contributed by atoms with Gasteiger partial charge in [-0.25, -0.2) is 4.98 Å². The van der Waals surface area contributed by atoms with Crippen LogP contribution >= 0.6 is 11.3 Å². The number of aliphatic hydroxyl groups excluding tert-OH is 1. The van der Waals surface area contributed by atoms with Crippen molar-refractivity contribution >= 4 is 26.7 Å². The number of nitrogens with zero attached hydrogens (tertiary/aromatic N) is 2. The van der Waals surface area contributed by atoms with Gasteiger partial charge in [0.25, 0.3) is 0 Å². The van der Waals surface area contributed by atoms with Crippen LogP contribution in [-0.2, 0) is 0 Å². The fraction of sp³-hybridized carbons (Fsp3) is 0.529. The molecule has 1 aromatic heterocycles. The molecule has 5 nitrogen and oxygen atoms in total. The highest BCUT2D eigenvalue weighted by Gasteiger charge is 2.41. The number of aliphatic hydroxyl groups is 1. The predicted molar refractivity (Wildman–Crippen MR) is 95.6 cm³/mol. The summed E-state index contributed by atoms with van der Waals surface area (Å²) < 4.78 is 40.0. The highest BCUT2D eigenvalue weighted by atomic mass is 32.1. The number of anilines is 1. The second-order valence-electron chi connectivity index (χ2n) is 6.18. The first-order chi connectivity index (χ1) is 12.2. The third-order valence-corrected chi connectivity index (χ3v) is 5.07. The van der Waals surface area contributed by atoms with E-state index < -0.39 is 24.4 Å². The summed E-state index contributed by atoms with van der Waals surface area (Å²) in [6.07, 6.45) is -4.95. The Balaban J connectivity index is 1.94. The average molecular weight is 386 g/mol. The van der Waals surface area contributed by atoms with Gasteiger partial charge >= 0.3 is 6.18 Å². The maximum Gasteiger partial charge on any atom is 0.392 e. The van der Waals surface area contributed by atoms with Gasteiger partial charge in [-0.3, -0.25) is 5.32 Å². The minimum atomic E-state index is -4.25. The number of nitrogens with one attached hydrogen (secondary N) is 2. The van der Waals surface area contributed by atoms with Gasteiger partial charge in [0.05, 0.1) is 27.8 Å². The lowest BCUT2D eigenvalue weighted by Crippen LogP contribution is -2.42. The fourth-order valence-corrected chi connectivity index (χ4v) is 3.67. The van der Waals surface area contributed by atoms with Gasteiger partial charge < -0.3 is 10.4 Å². The Bertz CT molecular complexity index is 771. The van der Waals surface area contributed by atoms with Crippen molar-refractivity contribution in [2.24, 2.45) is 11.8 Å². The van der Waals surface area contributed by atoms with Gasteiger partial charge in [-0.2, -0.15) is 18.4 Å². The van der Waals surface area contributed by atoms with E-state index in [2.05, 4.69) is 15.6 Å². The van der Waals surface area contributed by atoms with Crippen molar-refractivity contribution in [2.75, 3.05) is 11.9 Å². The van der Waals surface area contributed by atoms with Crippen LogP contribution in [0.2, 0.25) is 0 Å². The van der Waals surface area contributed by atoms with Gasteiger partial charge in [0.2, 0.25) is 0 Å². The lowest BCUT2D eigenvalue weighted by molar-refractivity contribution is -0.189. The van der Waals surface area contributed by atoms with Crippen LogP contribution in [0.3, 0.4) is 0 Å². The monoisotopic (exact) mass is 386 g/mol. The van der Waals surface area contributed by atoms with Crippen LogP contribution in [0.1, 0.15) is 32.3 Å². The molecule has 0 aliphatic rings. The molecule has 3 atom stereocenters. The van der Waals surface area contributed by atoms with Crippen LogP contribution in [0.15, 0.2) is 18.2 Å². The normalized spacial score (nSPS) is 15.4. The minimum Gasteiger partial charge on any atom is -0.361 e. The molecular weight excluding hydrogens is 365 g/mol. The number of hydrogen-bond acceptors (Lipinski definition) is 6. The fourth-order valence-electron chi connectivity index (χ4n) is 2.75. The van der Waals surface area contributed by atoms with Crippen molar-refractivity contribution < 1.29 is 18.3 Å². The first-order valence-electron chi connectivity index (χ1n) is 8.30. The molecule has 0 amide bonds. The Morgan fingerprint density at radius 2 is 2.12 bits per heavy atom. The molecule has 0 saturated carbocycles. The first-order valence-corrected chi connectivity index (χ1v) is 9.11. The highest BCUT2D eigenvalue weighted by Crippen LogP contribution is 2.35. The van der Waals surface area contributed by atoms with Crippen LogP contribution in [0, 0.1) is 23.2 Å². The number of nitriles is 1. The van der Waals surface area contributed by atoms with E-state index in [9.17, 15) is 18.3 Å². The van der Waals surface area contributed by atoms with Gasteiger partial charge in [-0.05, 0) is 30.5 Å². The number of halogens is 3. The Kier molecular flexibility index (Phi) is 6.81. The van der Waals surface area contributed by atoms with E-state index in [0.717, 1.165) is 4.70 Å². The minimum absolute atomic E-state index is 0.0157. The molecule has 0 bridgehead atoms. The maximum atomic E-state index is 13.1. The second kappa shape index (κ2) is 8.66. The van der Waals surface area contributed by atoms with Crippen molar-refractivity contribution in [3.8, 4) is 6.07 Å². The number of thiazole rings is 1. The van der Waals surface area contributed by atoms with Gasteiger partial charge in [0.1, 0.15) is 0 Å².